The first kappa shape index (κ1) is 18.6. The number of carbonyl (C=O) groups is 1. The van der Waals surface area contributed by atoms with Crippen molar-refractivity contribution in [1.29, 1.82) is 0 Å². The van der Waals surface area contributed by atoms with Gasteiger partial charge in [0.25, 0.3) is 0 Å². The number of carbonyl (C=O) groups excluding carboxylic acids is 1. The van der Waals surface area contributed by atoms with Gasteiger partial charge in [-0.2, -0.15) is 10.2 Å². The lowest BCUT2D eigenvalue weighted by molar-refractivity contribution is 0.104. The first-order chi connectivity index (χ1) is 14.1. The van der Waals surface area contributed by atoms with E-state index in [4.69, 9.17) is 5.10 Å². The Morgan fingerprint density at radius 1 is 1.03 bits per heavy atom. The van der Waals surface area contributed by atoms with E-state index in [9.17, 15) is 4.79 Å². The van der Waals surface area contributed by atoms with Crippen LogP contribution in [0.3, 0.4) is 0 Å². The van der Waals surface area contributed by atoms with Gasteiger partial charge < -0.3 is 0 Å². The molecule has 0 fully saturated rings. The highest BCUT2D eigenvalue weighted by molar-refractivity contribution is 6.06. The minimum atomic E-state index is -0.0958. The molecule has 0 aliphatic heterocycles. The van der Waals surface area contributed by atoms with Gasteiger partial charge in [-0.1, -0.05) is 18.2 Å². The monoisotopic (exact) mass is 383 g/mol. The third-order valence-electron chi connectivity index (χ3n) is 4.53. The Balaban J connectivity index is 1.69. The van der Waals surface area contributed by atoms with E-state index in [0.29, 0.717) is 5.56 Å². The van der Waals surface area contributed by atoms with Crippen molar-refractivity contribution in [3.8, 4) is 16.9 Å². The highest BCUT2D eigenvalue weighted by Gasteiger charge is 2.12. The average molecular weight is 383 g/mol. The van der Waals surface area contributed by atoms with Crippen molar-refractivity contribution in [2.45, 2.75) is 19.9 Å². The number of rotatable bonds is 6. The van der Waals surface area contributed by atoms with E-state index in [1.807, 2.05) is 67.2 Å². The maximum atomic E-state index is 12.6. The normalized spacial score (nSPS) is 11.4. The van der Waals surface area contributed by atoms with Crippen LogP contribution in [0, 0.1) is 0 Å². The quantitative estimate of drug-likeness (QED) is 0.360. The predicted molar refractivity (Wildman–Crippen MR) is 113 cm³/mol. The number of allylic oxidation sites excluding steroid dienone is 1. The Bertz CT molecular complexity index is 1140. The maximum Gasteiger partial charge on any atom is 0.189 e. The van der Waals surface area contributed by atoms with E-state index >= 15 is 0 Å². The largest absolute Gasteiger partial charge is 0.289 e. The van der Waals surface area contributed by atoms with Crippen LogP contribution in [0.4, 0.5) is 0 Å². The lowest BCUT2D eigenvalue weighted by Gasteiger charge is -2.02. The fourth-order valence-electron chi connectivity index (χ4n) is 2.96. The molecular formula is C23H21N5O. The second-order valence-corrected chi connectivity index (χ2v) is 6.96. The molecule has 1 aromatic carbocycles. The molecule has 0 bridgehead atoms. The third-order valence-corrected chi connectivity index (χ3v) is 4.53. The standard InChI is InChI=1S/C23H21N5O/c1-17(2)27-16-20(14-25-27)22(29)11-10-19-15-28(21-8-4-3-5-9-21)26-23(19)18-7-6-12-24-13-18/h3-17H,1-2H3. The fourth-order valence-corrected chi connectivity index (χ4v) is 2.96. The minimum Gasteiger partial charge on any atom is -0.289 e. The van der Waals surface area contributed by atoms with Crippen molar-refractivity contribution in [1.82, 2.24) is 24.5 Å². The first-order valence-corrected chi connectivity index (χ1v) is 9.44. The van der Waals surface area contributed by atoms with Gasteiger partial charge in [0.2, 0.25) is 0 Å². The van der Waals surface area contributed by atoms with Gasteiger partial charge in [-0.15, -0.1) is 0 Å². The lowest BCUT2D eigenvalue weighted by Crippen LogP contribution is -2.00. The average Bonchev–Trinajstić information content (AvgIpc) is 3.41. The molecular weight excluding hydrogens is 362 g/mol. The molecule has 0 amide bonds. The smallest absolute Gasteiger partial charge is 0.189 e. The van der Waals surface area contributed by atoms with Gasteiger partial charge in [0.05, 0.1) is 17.4 Å². The third kappa shape index (κ3) is 4.06. The molecule has 0 saturated carbocycles. The van der Waals surface area contributed by atoms with Crippen LogP contribution in [0.15, 0.2) is 79.5 Å². The number of ketones is 1. The number of nitrogens with zero attached hydrogens (tertiary/aromatic N) is 5. The summed E-state index contributed by atoms with van der Waals surface area (Å²) in [5.41, 5.74) is 4.01. The summed E-state index contributed by atoms with van der Waals surface area (Å²) in [6, 6.07) is 13.9. The van der Waals surface area contributed by atoms with E-state index < -0.39 is 0 Å². The van der Waals surface area contributed by atoms with Crippen molar-refractivity contribution < 1.29 is 4.79 Å². The number of aromatic nitrogens is 5. The summed E-state index contributed by atoms with van der Waals surface area (Å²) in [7, 11) is 0. The molecule has 0 unspecified atom stereocenters. The van der Waals surface area contributed by atoms with Crippen LogP contribution in [0.5, 0.6) is 0 Å². The molecule has 0 radical (unpaired) electrons. The highest BCUT2D eigenvalue weighted by Crippen LogP contribution is 2.24. The predicted octanol–water partition coefficient (Wildman–Crippen LogP) is 4.61. The Labute approximate surface area is 169 Å². The van der Waals surface area contributed by atoms with Crippen LogP contribution < -0.4 is 0 Å². The molecule has 0 aliphatic carbocycles. The zero-order chi connectivity index (χ0) is 20.2. The fraction of sp³-hybridized carbons (Fsp3) is 0.130. The minimum absolute atomic E-state index is 0.0958. The van der Waals surface area contributed by atoms with E-state index in [1.165, 1.54) is 0 Å². The van der Waals surface area contributed by atoms with Gasteiger partial charge in [-0.3, -0.25) is 14.5 Å². The van der Waals surface area contributed by atoms with E-state index in [-0.39, 0.29) is 11.8 Å². The van der Waals surface area contributed by atoms with Gasteiger partial charge in [-0.25, -0.2) is 4.68 Å². The van der Waals surface area contributed by atoms with Crippen molar-refractivity contribution in [3.63, 3.8) is 0 Å². The molecule has 6 heteroatoms. The Hall–Kier alpha value is -3.80. The van der Waals surface area contributed by atoms with Crippen molar-refractivity contribution in [3.05, 3.63) is 90.7 Å². The molecule has 144 valence electrons. The molecule has 0 saturated heterocycles. The molecule has 4 aromatic rings. The number of benzene rings is 1. The van der Waals surface area contributed by atoms with Crippen LogP contribution >= 0.6 is 0 Å². The van der Waals surface area contributed by atoms with Gasteiger partial charge in [0.1, 0.15) is 5.69 Å². The Kier molecular flexibility index (Phi) is 5.16. The van der Waals surface area contributed by atoms with Gasteiger partial charge in [0, 0.05) is 42.0 Å². The van der Waals surface area contributed by atoms with Crippen LogP contribution in [-0.4, -0.2) is 30.3 Å². The van der Waals surface area contributed by atoms with Crippen molar-refractivity contribution >= 4 is 11.9 Å². The Morgan fingerprint density at radius 3 is 2.55 bits per heavy atom. The molecule has 3 aromatic heterocycles. The summed E-state index contributed by atoms with van der Waals surface area (Å²) in [4.78, 5) is 16.8. The number of hydrogen-bond donors (Lipinski definition) is 0. The first-order valence-electron chi connectivity index (χ1n) is 9.44. The molecule has 0 spiro atoms. The molecule has 29 heavy (non-hydrogen) atoms. The van der Waals surface area contributed by atoms with Crippen LogP contribution in [0.25, 0.3) is 23.0 Å². The second kappa shape index (κ2) is 8.06. The van der Waals surface area contributed by atoms with Crippen LogP contribution in [0.2, 0.25) is 0 Å². The zero-order valence-electron chi connectivity index (χ0n) is 16.3. The second-order valence-electron chi connectivity index (χ2n) is 6.96. The SMILES string of the molecule is CC(C)n1cc(C(=O)C=Cc2cn(-c3ccccc3)nc2-c2cccnc2)cn1. The maximum absolute atomic E-state index is 12.6. The van der Waals surface area contributed by atoms with Crippen LogP contribution in [0.1, 0.15) is 35.8 Å². The molecule has 0 aliphatic rings. The van der Waals surface area contributed by atoms with Gasteiger partial charge in [0.15, 0.2) is 5.78 Å². The zero-order valence-corrected chi connectivity index (χ0v) is 16.3. The highest BCUT2D eigenvalue weighted by atomic mass is 16.1. The summed E-state index contributed by atoms with van der Waals surface area (Å²) in [5.74, 6) is -0.0958. The van der Waals surface area contributed by atoms with E-state index in [0.717, 1.165) is 22.5 Å². The van der Waals surface area contributed by atoms with Crippen LogP contribution in [-0.2, 0) is 0 Å². The molecule has 4 rings (SSSR count). The van der Waals surface area contributed by atoms with E-state index in [2.05, 4.69) is 10.1 Å². The summed E-state index contributed by atoms with van der Waals surface area (Å²) in [6.45, 7) is 4.05. The summed E-state index contributed by atoms with van der Waals surface area (Å²) < 4.78 is 3.58. The van der Waals surface area contributed by atoms with Crippen molar-refractivity contribution in [2.75, 3.05) is 0 Å². The summed E-state index contributed by atoms with van der Waals surface area (Å²) in [5, 5.41) is 8.96. The molecule has 3 heterocycles. The molecule has 6 nitrogen and oxygen atoms in total. The Morgan fingerprint density at radius 2 is 1.86 bits per heavy atom. The number of hydrogen-bond acceptors (Lipinski definition) is 4. The van der Waals surface area contributed by atoms with Gasteiger partial charge >= 0.3 is 0 Å². The molecule has 0 N–H and O–H groups in total. The number of para-hydroxylation sites is 1. The summed E-state index contributed by atoms with van der Waals surface area (Å²) in [6.07, 6.45) is 12.1. The molecule has 0 atom stereocenters. The van der Waals surface area contributed by atoms with Crippen molar-refractivity contribution in [2.24, 2.45) is 0 Å². The number of pyridine rings is 1. The lowest BCUT2D eigenvalue weighted by atomic mass is 10.1. The summed E-state index contributed by atoms with van der Waals surface area (Å²) >= 11 is 0. The van der Waals surface area contributed by atoms with E-state index in [1.54, 1.807) is 41.6 Å². The van der Waals surface area contributed by atoms with Gasteiger partial charge in [-0.05, 0) is 50.3 Å². The topological polar surface area (TPSA) is 65.6 Å².